The van der Waals surface area contributed by atoms with Crippen LogP contribution in [0, 0.1) is 6.92 Å². The van der Waals surface area contributed by atoms with Gasteiger partial charge in [-0.25, -0.2) is 9.97 Å². The smallest absolute Gasteiger partial charge is 0.132 e. The molecule has 0 atom stereocenters. The second-order valence-corrected chi connectivity index (χ2v) is 5.14. The van der Waals surface area contributed by atoms with Crippen molar-refractivity contribution in [2.45, 2.75) is 40.2 Å². The summed E-state index contributed by atoms with van der Waals surface area (Å²) in [4.78, 5) is 8.82. The minimum atomic E-state index is 0.771. The topological polar surface area (TPSA) is 49.8 Å². The molecule has 1 heterocycles. The fourth-order valence-corrected chi connectivity index (χ4v) is 2.09. The monoisotopic (exact) mass is 284 g/mol. The summed E-state index contributed by atoms with van der Waals surface area (Å²) >= 11 is 0. The van der Waals surface area contributed by atoms with Gasteiger partial charge in [0, 0.05) is 19.2 Å². The van der Waals surface area contributed by atoms with E-state index in [1.165, 1.54) is 11.1 Å². The molecule has 0 spiro atoms. The van der Waals surface area contributed by atoms with E-state index in [2.05, 4.69) is 58.7 Å². The molecule has 2 aromatic rings. The van der Waals surface area contributed by atoms with Crippen molar-refractivity contribution >= 4 is 11.6 Å². The first-order chi connectivity index (χ1) is 10.2. The molecule has 2 N–H and O–H groups in total. The van der Waals surface area contributed by atoms with Gasteiger partial charge in [-0.2, -0.15) is 0 Å². The number of hydrogen-bond donors (Lipinski definition) is 2. The van der Waals surface area contributed by atoms with Crippen LogP contribution in [0.15, 0.2) is 30.3 Å². The average molecular weight is 284 g/mol. The van der Waals surface area contributed by atoms with Crippen LogP contribution in [0.5, 0.6) is 0 Å². The Labute approximate surface area is 127 Å². The molecule has 0 unspecified atom stereocenters. The summed E-state index contributed by atoms with van der Waals surface area (Å²) in [6.07, 6.45) is 2.15. The maximum absolute atomic E-state index is 4.43. The predicted molar refractivity (Wildman–Crippen MR) is 88.7 cm³/mol. The van der Waals surface area contributed by atoms with E-state index in [1.807, 2.05) is 13.0 Å². The molecular formula is C17H24N4. The Morgan fingerprint density at radius 3 is 2.14 bits per heavy atom. The van der Waals surface area contributed by atoms with E-state index in [9.17, 15) is 0 Å². The van der Waals surface area contributed by atoms with E-state index in [0.29, 0.717) is 0 Å². The summed E-state index contributed by atoms with van der Waals surface area (Å²) in [5.74, 6) is 2.52. The van der Waals surface area contributed by atoms with Crippen LogP contribution in [-0.2, 0) is 13.0 Å². The highest BCUT2D eigenvalue weighted by Crippen LogP contribution is 2.13. The maximum Gasteiger partial charge on any atom is 0.132 e. The number of hydrogen-bond acceptors (Lipinski definition) is 4. The van der Waals surface area contributed by atoms with Gasteiger partial charge in [-0.3, -0.25) is 0 Å². The van der Waals surface area contributed by atoms with Crippen molar-refractivity contribution in [3.05, 3.63) is 47.3 Å². The molecule has 21 heavy (non-hydrogen) atoms. The van der Waals surface area contributed by atoms with Crippen LogP contribution >= 0.6 is 0 Å². The van der Waals surface area contributed by atoms with E-state index in [0.717, 1.165) is 43.4 Å². The van der Waals surface area contributed by atoms with Gasteiger partial charge in [0.05, 0.1) is 0 Å². The van der Waals surface area contributed by atoms with Gasteiger partial charge < -0.3 is 10.6 Å². The summed E-state index contributed by atoms with van der Waals surface area (Å²) in [7, 11) is 0. The Kier molecular flexibility index (Phi) is 5.55. The number of aryl methyl sites for hydroxylation is 2. The van der Waals surface area contributed by atoms with Gasteiger partial charge in [0.25, 0.3) is 0 Å². The first-order valence-electron chi connectivity index (χ1n) is 7.62. The van der Waals surface area contributed by atoms with E-state index < -0.39 is 0 Å². The van der Waals surface area contributed by atoms with Crippen molar-refractivity contribution < 1.29 is 0 Å². The Bertz CT molecular complexity index is 564. The van der Waals surface area contributed by atoms with Crippen molar-refractivity contribution in [3.63, 3.8) is 0 Å². The lowest BCUT2D eigenvalue weighted by molar-refractivity contribution is 0.951. The second kappa shape index (κ2) is 7.62. The molecule has 1 aromatic heterocycles. The summed E-state index contributed by atoms with van der Waals surface area (Å²) in [5, 5.41) is 6.66. The Morgan fingerprint density at radius 1 is 0.905 bits per heavy atom. The Morgan fingerprint density at radius 2 is 1.52 bits per heavy atom. The lowest BCUT2D eigenvalue weighted by Gasteiger charge is -2.10. The Hall–Kier alpha value is -2.10. The summed E-state index contributed by atoms with van der Waals surface area (Å²) in [6.45, 7) is 7.92. The third kappa shape index (κ3) is 4.74. The van der Waals surface area contributed by atoms with Gasteiger partial charge in [-0.1, -0.05) is 38.1 Å². The van der Waals surface area contributed by atoms with Crippen LogP contribution in [-0.4, -0.2) is 16.5 Å². The molecule has 0 amide bonds. The van der Waals surface area contributed by atoms with Crippen LogP contribution in [0.1, 0.15) is 37.2 Å². The number of benzene rings is 1. The van der Waals surface area contributed by atoms with Crippen molar-refractivity contribution in [1.29, 1.82) is 0 Å². The summed E-state index contributed by atoms with van der Waals surface area (Å²) in [6, 6.07) is 10.6. The van der Waals surface area contributed by atoms with Crippen LogP contribution in [0.2, 0.25) is 0 Å². The molecule has 112 valence electrons. The van der Waals surface area contributed by atoms with Gasteiger partial charge in [0.15, 0.2) is 0 Å². The summed E-state index contributed by atoms with van der Waals surface area (Å²) in [5.41, 5.74) is 2.62. The lowest BCUT2D eigenvalue weighted by atomic mass is 10.1. The third-order valence-electron chi connectivity index (χ3n) is 3.30. The molecule has 0 bridgehead atoms. The fourth-order valence-electron chi connectivity index (χ4n) is 2.09. The minimum Gasteiger partial charge on any atom is -0.370 e. The molecular weight excluding hydrogens is 260 g/mol. The van der Waals surface area contributed by atoms with E-state index in [4.69, 9.17) is 0 Å². The quantitative estimate of drug-likeness (QED) is 0.812. The molecule has 0 aliphatic rings. The van der Waals surface area contributed by atoms with Gasteiger partial charge in [0.2, 0.25) is 0 Å². The first kappa shape index (κ1) is 15.3. The SMILES string of the molecule is CCCNc1cc(NCc2ccc(CC)cc2)nc(C)n1. The van der Waals surface area contributed by atoms with Crippen molar-refractivity contribution in [2.24, 2.45) is 0 Å². The largest absolute Gasteiger partial charge is 0.370 e. The van der Waals surface area contributed by atoms with Crippen molar-refractivity contribution in [2.75, 3.05) is 17.2 Å². The molecule has 2 rings (SSSR count). The van der Waals surface area contributed by atoms with Crippen LogP contribution in [0.4, 0.5) is 11.6 Å². The van der Waals surface area contributed by atoms with Gasteiger partial charge in [-0.05, 0) is 30.9 Å². The molecule has 0 saturated heterocycles. The van der Waals surface area contributed by atoms with E-state index in [-0.39, 0.29) is 0 Å². The molecule has 0 aliphatic carbocycles. The highest BCUT2D eigenvalue weighted by atomic mass is 15.1. The molecule has 0 saturated carbocycles. The van der Waals surface area contributed by atoms with Crippen LogP contribution in [0.3, 0.4) is 0 Å². The molecule has 0 radical (unpaired) electrons. The van der Waals surface area contributed by atoms with Gasteiger partial charge in [-0.15, -0.1) is 0 Å². The highest BCUT2D eigenvalue weighted by molar-refractivity contribution is 5.47. The van der Waals surface area contributed by atoms with Crippen molar-refractivity contribution in [3.8, 4) is 0 Å². The zero-order valence-electron chi connectivity index (χ0n) is 13.1. The number of anilines is 2. The Balaban J connectivity index is 1.99. The number of rotatable bonds is 7. The first-order valence-corrected chi connectivity index (χ1v) is 7.62. The molecule has 4 heteroatoms. The predicted octanol–water partition coefficient (Wildman–Crippen LogP) is 3.78. The lowest BCUT2D eigenvalue weighted by Crippen LogP contribution is -2.07. The zero-order chi connectivity index (χ0) is 15.1. The number of nitrogens with zero attached hydrogens (tertiary/aromatic N) is 2. The van der Waals surface area contributed by atoms with E-state index in [1.54, 1.807) is 0 Å². The average Bonchev–Trinajstić information content (AvgIpc) is 2.51. The van der Waals surface area contributed by atoms with Crippen LogP contribution in [0.25, 0.3) is 0 Å². The molecule has 4 nitrogen and oxygen atoms in total. The van der Waals surface area contributed by atoms with E-state index >= 15 is 0 Å². The van der Waals surface area contributed by atoms with Gasteiger partial charge >= 0.3 is 0 Å². The molecule has 0 aliphatic heterocycles. The van der Waals surface area contributed by atoms with Crippen LogP contribution < -0.4 is 10.6 Å². The van der Waals surface area contributed by atoms with Crippen molar-refractivity contribution in [1.82, 2.24) is 9.97 Å². The normalized spacial score (nSPS) is 10.4. The number of nitrogens with one attached hydrogen (secondary N) is 2. The number of aromatic nitrogens is 2. The summed E-state index contributed by atoms with van der Waals surface area (Å²) < 4.78 is 0. The molecule has 0 fully saturated rings. The standard InChI is InChI=1S/C17H24N4/c1-4-10-18-16-11-17(21-13(3)20-16)19-12-15-8-6-14(5-2)7-9-15/h6-9,11H,4-5,10,12H2,1-3H3,(H2,18,19,20,21). The zero-order valence-corrected chi connectivity index (χ0v) is 13.1. The second-order valence-electron chi connectivity index (χ2n) is 5.14. The van der Waals surface area contributed by atoms with Gasteiger partial charge in [0.1, 0.15) is 17.5 Å². The fraction of sp³-hybridized carbons (Fsp3) is 0.412. The maximum atomic E-state index is 4.43. The molecule has 1 aromatic carbocycles. The third-order valence-corrected chi connectivity index (χ3v) is 3.30. The minimum absolute atomic E-state index is 0.771. The highest BCUT2D eigenvalue weighted by Gasteiger charge is 2.01.